The van der Waals surface area contributed by atoms with Gasteiger partial charge in [-0.05, 0) is 50.3 Å². The van der Waals surface area contributed by atoms with Crippen LogP contribution >= 0.6 is 23.4 Å². The lowest BCUT2D eigenvalue weighted by Crippen LogP contribution is -2.05. The van der Waals surface area contributed by atoms with Gasteiger partial charge in [-0.2, -0.15) is 11.8 Å². The predicted molar refractivity (Wildman–Crippen MR) is 88.8 cm³/mol. The number of thioether (sulfide) groups is 1. The van der Waals surface area contributed by atoms with Crippen molar-refractivity contribution in [3.05, 3.63) is 23.7 Å². The van der Waals surface area contributed by atoms with Gasteiger partial charge in [-0.15, -0.1) is 11.6 Å². The fourth-order valence-corrected chi connectivity index (χ4v) is 3.01. The van der Waals surface area contributed by atoms with Crippen LogP contribution in [0, 0.1) is 6.92 Å². The van der Waals surface area contributed by atoms with Crippen molar-refractivity contribution < 1.29 is 0 Å². The molecule has 2 rings (SSSR count). The van der Waals surface area contributed by atoms with Gasteiger partial charge in [0.2, 0.25) is 0 Å². The Kier molecular flexibility index (Phi) is 5.73. The first-order chi connectivity index (χ1) is 9.63. The first-order valence-corrected chi connectivity index (χ1v) is 8.92. The first kappa shape index (κ1) is 15.6. The topological polar surface area (TPSA) is 30.7 Å². The molecule has 3 nitrogen and oxygen atoms in total. The quantitative estimate of drug-likeness (QED) is 0.554. The third-order valence-corrected chi connectivity index (χ3v) is 4.23. The van der Waals surface area contributed by atoms with Crippen molar-refractivity contribution >= 4 is 34.5 Å². The van der Waals surface area contributed by atoms with Crippen molar-refractivity contribution in [2.24, 2.45) is 0 Å². The van der Waals surface area contributed by atoms with Crippen molar-refractivity contribution in [2.75, 3.05) is 12.0 Å². The highest BCUT2D eigenvalue weighted by Crippen LogP contribution is 2.24. The van der Waals surface area contributed by atoms with E-state index < -0.39 is 0 Å². The van der Waals surface area contributed by atoms with Gasteiger partial charge >= 0.3 is 0 Å². The fraction of sp³-hybridized carbons (Fsp3) is 0.600. The SMILES string of the molecule is CSCCCCCn1c(C(C)Cl)nc2cc(C)cnc21. The summed E-state index contributed by atoms with van der Waals surface area (Å²) >= 11 is 8.18. The van der Waals surface area contributed by atoms with Crippen LogP contribution in [-0.4, -0.2) is 26.5 Å². The average Bonchev–Trinajstić information content (AvgIpc) is 2.76. The van der Waals surface area contributed by atoms with Crippen LogP contribution in [0.25, 0.3) is 11.2 Å². The van der Waals surface area contributed by atoms with Gasteiger partial charge in [-0.3, -0.25) is 0 Å². The first-order valence-electron chi connectivity index (χ1n) is 7.09. The van der Waals surface area contributed by atoms with Gasteiger partial charge in [0.1, 0.15) is 11.3 Å². The summed E-state index contributed by atoms with van der Waals surface area (Å²) in [5.41, 5.74) is 3.05. The molecule has 20 heavy (non-hydrogen) atoms. The number of aryl methyl sites for hydroxylation is 2. The average molecular weight is 312 g/mol. The maximum absolute atomic E-state index is 6.27. The molecule has 2 heterocycles. The lowest BCUT2D eigenvalue weighted by molar-refractivity contribution is 0.590. The smallest absolute Gasteiger partial charge is 0.160 e. The normalized spacial score (nSPS) is 13.0. The zero-order chi connectivity index (χ0) is 14.5. The van der Waals surface area contributed by atoms with E-state index >= 15 is 0 Å². The number of halogens is 1. The highest BCUT2D eigenvalue weighted by Gasteiger charge is 2.15. The monoisotopic (exact) mass is 311 g/mol. The van der Waals surface area contributed by atoms with E-state index in [1.807, 2.05) is 31.8 Å². The lowest BCUT2D eigenvalue weighted by atomic mass is 10.2. The van der Waals surface area contributed by atoms with Crippen LogP contribution in [-0.2, 0) is 6.54 Å². The minimum absolute atomic E-state index is 0.0873. The number of hydrogen-bond acceptors (Lipinski definition) is 3. The number of aromatic nitrogens is 3. The molecular weight excluding hydrogens is 290 g/mol. The van der Waals surface area contributed by atoms with Crippen molar-refractivity contribution in [2.45, 2.75) is 45.0 Å². The van der Waals surface area contributed by atoms with Crippen LogP contribution in [0.2, 0.25) is 0 Å². The van der Waals surface area contributed by atoms with E-state index in [0.29, 0.717) is 0 Å². The molecule has 110 valence electrons. The second-order valence-electron chi connectivity index (χ2n) is 5.15. The van der Waals surface area contributed by atoms with Gasteiger partial charge in [-0.1, -0.05) is 6.42 Å². The highest BCUT2D eigenvalue weighted by molar-refractivity contribution is 7.98. The van der Waals surface area contributed by atoms with E-state index in [-0.39, 0.29) is 5.38 Å². The Bertz CT molecular complexity index is 565. The summed E-state index contributed by atoms with van der Waals surface area (Å²) in [5.74, 6) is 2.17. The minimum atomic E-state index is -0.0873. The molecule has 1 atom stereocenters. The molecule has 0 fully saturated rings. The third-order valence-electron chi connectivity index (χ3n) is 3.34. The Morgan fingerprint density at radius 1 is 1.35 bits per heavy atom. The van der Waals surface area contributed by atoms with Crippen molar-refractivity contribution in [1.29, 1.82) is 0 Å². The zero-order valence-corrected chi connectivity index (χ0v) is 14.0. The van der Waals surface area contributed by atoms with Crippen LogP contribution in [0.3, 0.4) is 0 Å². The van der Waals surface area contributed by atoms with Crippen LogP contribution < -0.4 is 0 Å². The summed E-state index contributed by atoms with van der Waals surface area (Å²) in [6, 6.07) is 2.08. The molecule has 0 aromatic carbocycles. The Morgan fingerprint density at radius 3 is 2.85 bits per heavy atom. The van der Waals surface area contributed by atoms with Gasteiger partial charge in [0.05, 0.1) is 5.38 Å². The van der Waals surface area contributed by atoms with Gasteiger partial charge in [-0.25, -0.2) is 9.97 Å². The largest absolute Gasteiger partial charge is 0.311 e. The molecule has 0 aliphatic heterocycles. The van der Waals surface area contributed by atoms with E-state index in [1.165, 1.54) is 18.6 Å². The molecule has 0 aliphatic carbocycles. The molecule has 0 radical (unpaired) electrons. The highest BCUT2D eigenvalue weighted by atomic mass is 35.5. The maximum Gasteiger partial charge on any atom is 0.160 e. The molecule has 0 bridgehead atoms. The summed E-state index contributed by atoms with van der Waals surface area (Å²) in [5, 5.41) is -0.0873. The number of fused-ring (bicyclic) bond motifs is 1. The fourth-order valence-electron chi connectivity index (χ4n) is 2.35. The molecule has 5 heteroatoms. The molecule has 0 saturated carbocycles. The summed E-state index contributed by atoms with van der Waals surface area (Å²) in [7, 11) is 0. The number of alkyl halides is 1. The number of rotatable bonds is 7. The van der Waals surface area contributed by atoms with E-state index in [0.717, 1.165) is 35.5 Å². The van der Waals surface area contributed by atoms with Gasteiger partial charge in [0.15, 0.2) is 5.65 Å². The summed E-state index contributed by atoms with van der Waals surface area (Å²) in [6.07, 6.45) is 7.71. The molecule has 0 saturated heterocycles. The zero-order valence-electron chi connectivity index (χ0n) is 12.4. The molecule has 2 aromatic heterocycles. The van der Waals surface area contributed by atoms with Crippen LogP contribution in [0.15, 0.2) is 12.3 Å². The standard InChI is InChI=1S/C15H22ClN3S/c1-11-9-13-15(17-10-11)19(14(18-13)12(2)16)7-5-4-6-8-20-3/h9-10,12H,4-8H2,1-3H3. The third kappa shape index (κ3) is 3.67. The number of nitrogens with zero attached hydrogens (tertiary/aromatic N) is 3. The van der Waals surface area contributed by atoms with Crippen LogP contribution in [0.4, 0.5) is 0 Å². The van der Waals surface area contributed by atoms with Crippen molar-refractivity contribution in [3.63, 3.8) is 0 Å². The number of imidazole rings is 1. The lowest BCUT2D eigenvalue weighted by Gasteiger charge is -2.09. The number of hydrogen-bond donors (Lipinski definition) is 0. The molecular formula is C15H22ClN3S. The Labute approximate surface area is 130 Å². The van der Waals surface area contributed by atoms with E-state index in [4.69, 9.17) is 11.6 Å². The minimum Gasteiger partial charge on any atom is -0.311 e. The van der Waals surface area contributed by atoms with Gasteiger partial charge < -0.3 is 4.57 Å². The Balaban J connectivity index is 2.18. The Morgan fingerprint density at radius 2 is 2.15 bits per heavy atom. The Hall–Kier alpha value is -0.740. The number of unbranched alkanes of at least 4 members (excludes halogenated alkanes) is 2. The molecule has 0 aliphatic rings. The molecule has 2 aromatic rings. The molecule has 0 N–H and O–H groups in total. The van der Waals surface area contributed by atoms with Crippen molar-refractivity contribution in [1.82, 2.24) is 14.5 Å². The summed E-state index contributed by atoms with van der Waals surface area (Å²) in [4.78, 5) is 9.19. The maximum atomic E-state index is 6.27. The number of pyridine rings is 1. The van der Waals surface area contributed by atoms with Gasteiger partial charge in [0, 0.05) is 12.7 Å². The van der Waals surface area contributed by atoms with Crippen molar-refractivity contribution in [3.8, 4) is 0 Å². The van der Waals surface area contributed by atoms with E-state index in [2.05, 4.69) is 26.9 Å². The predicted octanol–water partition coefficient (Wildman–Crippen LogP) is 4.57. The van der Waals surface area contributed by atoms with E-state index in [1.54, 1.807) is 0 Å². The van der Waals surface area contributed by atoms with Crippen LogP contribution in [0.1, 0.15) is 43.0 Å². The summed E-state index contributed by atoms with van der Waals surface area (Å²) < 4.78 is 2.19. The van der Waals surface area contributed by atoms with E-state index in [9.17, 15) is 0 Å². The second kappa shape index (κ2) is 7.32. The second-order valence-corrected chi connectivity index (χ2v) is 6.79. The molecule has 0 spiro atoms. The molecule has 0 amide bonds. The molecule has 1 unspecified atom stereocenters. The van der Waals surface area contributed by atoms with Gasteiger partial charge in [0.25, 0.3) is 0 Å². The summed E-state index contributed by atoms with van der Waals surface area (Å²) in [6.45, 7) is 4.96. The van der Waals surface area contributed by atoms with Crippen LogP contribution in [0.5, 0.6) is 0 Å².